The molecule has 1 heterocycles. The maximum Gasteiger partial charge on any atom is 0.191 e. The number of nitrogens with one attached hydrogen (secondary N) is 2. The molecule has 0 unspecified atom stereocenters. The Bertz CT molecular complexity index is 792. The van der Waals surface area contributed by atoms with Crippen molar-refractivity contribution in [3.63, 3.8) is 0 Å². The number of likely N-dealkylation sites (tertiary alicyclic amines) is 1. The number of halogens is 2. The lowest BCUT2D eigenvalue weighted by molar-refractivity contribution is 0.0792. The molecule has 0 amide bonds. The van der Waals surface area contributed by atoms with Gasteiger partial charge in [0.05, 0.1) is 6.10 Å². The maximum absolute atomic E-state index is 13.2. The third-order valence-corrected chi connectivity index (χ3v) is 5.26. The van der Waals surface area contributed by atoms with Gasteiger partial charge in [0, 0.05) is 39.8 Å². The van der Waals surface area contributed by atoms with Crippen LogP contribution in [-0.2, 0) is 19.5 Å². The Morgan fingerprint density at radius 3 is 2.43 bits per heavy atom. The van der Waals surface area contributed by atoms with Gasteiger partial charge < -0.3 is 15.7 Å². The zero-order valence-electron chi connectivity index (χ0n) is 17.5. The summed E-state index contributed by atoms with van der Waals surface area (Å²) in [6.07, 6.45) is 2.35. The lowest BCUT2D eigenvalue weighted by Crippen LogP contribution is -2.37. The predicted molar refractivity (Wildman–Crippen MR) is 131 cm³/mol. The fourth-order valence-corrected chi connectivity index (χ4v) is 3.52. The minimum atomic E-state index is -0.202. The van der Waals surface area contributed by atoms with E-state index in [0.717, 1.165) is 50.4 Å². The molecule has 1 aliphatic heterocycles. The van der Waals surface area contributed by atoms with Crippen LogP contribution in [0.2, 0.25) is 0 Å². The van der Waals surface area contributed by atoms with E-state index in [-0.39, 0.29) is 35.9 Å². The minimum absolute atomic E-state index is 0. The minimum Gasteiger partial charge on any atom is -0.393 e. The van der Waals surface area contributed by atoms with Gasteiger partial charge in [-0.2, -0.15) is 0 Å². The van der Waals surface area contributed by atoms with Crippen molar-refractivity contribution in [2.24, 2.45) is 4.99 Å². The van der Waals surface area contributed by atoms with Crippen molar-refractivity contribution in [1.29, 1.82) is 0 Å². The summed E-state index contributed by atoms with van der Waals surface area (Å²) in [5.74, 6) is 0.531. The van der Waals surface area contributed by atoms with Gasteiger partial charge in [0.15, 0.2) is 5.96 Å². The van der Waals surface area contributed by atoms with Crippen LogP contribution >= 0.6 is 24.0 Å². The number of aliphatic hydroxyl groups excluding tert-OH is 1. The van der Waals surface area contributed by atoms with Gasteiger partial charge in [-0.1, -0.05) is 36.4 Å². The molecule has 1 fully saturated rings. The first-order valence-electron chi connectivity index (χ1n) is 10.3. The van der Waals surface area contributed by atoms with E-state index in [0.29, 0.717) is 13.1 Å². The highest BCUT2D eigenvalue weighted by atomic mass is 127. The molecule has 7 heteroatoms. The smallest absolute Gasteiger partial charge is 0.191 e. The first kappa shape index (κ1) is 24.6. The van der Waals surface area contributed by atoms with E-state index in [1.807, 2.05) is 6.07 Å². The second kappa shape index (κ2) is 12.9. The lowest BCUT2D eigenvalue weighted by atomic mass is 10.1. The molecule has 5 nitrogen and oxygen atoms in total. The molecular formula is C23H32FIN4O. The molecule has 2 aromatic rings. The van der Waals surface area contributed by atoms with Gasteiger partial charge >= 0.3 is 0 Å². The predicted octanol–water partition coefficient (Wildman–Crippen LogP) is 3.31. The van der Waals surface area contributed by atoms with Crippen LogP contribution in [0.4, 0.5) is 4.39 Å². The summed E-state index contributed by atoms with van der Waals surface area (Å²) in [4.78, 5) is 6.64. The average Bonchev–Trinajstić information content (AvgIpc) is 2.73. The van der Waals surface area contributed by atoms with Crippen LogP contribution in [0.3, 0.4) is 0 Å². The molecule has 1 aliphatic rings. The molecular weight excluding hydrogens is 494 g/mol. The zero-order chi connectivity index (χ0) is 20.5. The quantitative estimate of drug-likeness (QED) is 0.295. The first-order chi connectivity index (χ1) is 14.1. The largest absolute Gasteiger partial charge is 0.393 e. The van der Waals surface area contributed by atoms with Crippen LogP contribution < -0.4 is 10.6 Å². The van der Waals surface area contributed by atoms with Crippen molar-refractivity contribution in [2.45, 2.75) is 38.5 Å². The van der Waals surface area contributed by atoms with Crippen molar-refractivity contribution in [3.8, 4) is 0 Å². The second-order valence-corrected chi connectivity index (χ2v) is 7.56. The third-order valence-electron chi connectivity index (χ3n) is 5.26. The van der Waals surface area contributed by atoms with Gasteiger partial charge in [0.2, 0.25) is 0 Å². The van der Waals surface area contributed by atoms with Crippen molar-refractivity contribution >= 4 is 29.9 Å². The van der Waals surface area contributed by atoms with E-state index in [4.69, 9.17) is 0 Å². The van der Waals surface area contributed by atoms with Crippen molar-refractivity contribution < 1.29 is 9.50 Å². The zero-order valence-corrected chi connectivity index (χ0v) is 19.8. The van der Waals surface area contributed by atoms with Crippen LogP contribution in [-0.4, -0.2) is 48.8 Å². The summed E-state index contributed by atoms with van der Waals surface area (Å²) in [6.45, 7) is 4.23. The van der Waals surface area contributed by atoms with Gasteiger partial charge in [0.1, 0.15) is 5.82 Å². The molecule has 0 spiro atoms. The topological polar surface area (TPSA) is 59.9 Å². The van der Waals surface area contributed by atoms with E-state index < -0.39 is 0 Å². The SMILES string of the molecule is CN=C(NCCc1cccc(F)c1)NCc1ccc(CN2CCC(O)CC2)cc1.I. The molecule has 0 bridgehead atoms. The van der Waals surface area contributed by atoms with E-state index in [9.17, 15) is 9.50 Å². The van der Waals surface area contributed by atoms with E-state index in [1.165, 1.54) is 17.2 Å². The molecule has 3 rings (SSSR count). The molecule has 0 aliphatic carbocycles. The number of benzene rings is 2. The maximum atomic E-state index is 13.2. The molecule has 2 aromatic carbocycles. The molecule has 0 radical (unpaired) electrons. The number of guanidine groups is 1. The van der Waals surface area contributed by atoms with Gasteiger partial charge in [-0.05, 0) is 48.1 Å². The molecule has 0 saturated carbocycles. The summed E-state index contributed by atoms with van der Waals surface area (Å²) in [5, 5.41) is 16.2. The van der Waals surface area contributed by atoms with Crippen molar-refractivity contribution in [2.75, 3.05) is 26.7 Å². The molecule has 0 aromatic heterocycles. The number of nitrogens with zero attached hydrogens (tertiary/aromatic N) is 2. The van der Waals surface area contributed by atoms with E-state index in [2.05, 4.69) is 44.8 Å². The fourth-order valence-electron chi connectivity index (χ4n) is 3.52. The van der Waals surface area contributed by atoms with Crippen LogP contribution in [0.1, 0.15) is 29.5 Å². The normalized spacial score (nSPS) is 15.5. The fraction of sp³-hybridized carbons (Fsp3) is 0.435. The Kier molecular flexibility index (Phi) is 10.5. The summed E-state index contributed by atoms with van der Waals surface area (Å²) < 4.78 is 13.2. The third kappa shape index (κ3) is 8.20. The Balaban J connectivity index is 0.00000320. The van der Waals surface area contributed by atoms with Gasteiger partial charge in [0.25, 0.3) is 0 Å². The highest BCUT2D eigenvalue weighted by Crippen LogP contribution is 2.14. The summed E-state index contributed by atoms with van der Waals surface area (Å²) in [7, 11) is 1.75. The van der Waals surface area contributed by atoms with Crippen LogP contribution in [0.15, 0.2) is 53.5 Å². The number of aliphatic imine (C=N–C) groups is 1. The van der Waals surface area contributed by atoms with Crippen molar-refractivity contribution in [1.82, 2.24) is 15.5 Å². The Morgan fingerprint density at radius 1 is 1.07 bits per heavy atom. The summed E-state index contributed by atoms with van der Waals surface area (Å²) >= 11 is 0. The van der Waals surface area contributed by atoms with Gasteiger partial charge in [-0.3, -0.25) is 9.89 Å². The number of rotatable bonds is 7. The average molecular weight is 526 g/mol. The molecule has 0 atom stereocenters. The van der Waals surface area contributed by atoms with Gasteiger partial charge in [-0.25, -0.2) is 4.39 Å². The number of piperidine rings is 1. The van der Waals surface area contributed by atoms with E-state index >= 15 is 0 Å². The number of aliphatic hydroxyl groups is 1. The number of hydrogen-bond donors (Lipinski definition) is 3. The van der Waals surface area contributed by atoms with Crippen LogP contribution in [0.5, 0.6) is 0 Å². The lowest BCUT2D eigenvalue weighted by Gasteiger charge is -2.29. The Morgan fingerprint density at radius 2 is 1.77 bits per heavy atom. The number of hydrogen-bond acceptors (Lipinski definition) is 3. The highest BCUT2D eigenvalue weighted by Gasteiger charge is 2.16. The molecule has 3 N–H and O–H groups in total. The van der Waals surface area contributed by atoms with Crippen molar-refractivity contribution in [3.05, 3.63) is 71.0 Å². The van der Waals surface area contributed by atoms with E-state index in [1.54, 1.807) is 19.2 Å². The Hall–Kier alpha value is -1.71. The second-order valence-electron chi connectivity index (χ2n) is 7.56. The summed E-state index contributed by atoms with van der Waals surface area (Å²) in [5.41, 5.74) is 3.45. The van der Waals surface area contributed by atoms with Crippen LogP contribution in [0.25, 0.3) is 0 Å². The highest BCUT2D eigenvalue weighted by molar-refractivity contribution is 14.0. The molecule has 1 saturated heterocycles. The van der Waals surface area contributed by atoms with Gasteiger partial charge in [-0.15, -0.1) is 24.0 Å². The standard InChI is InChI=1S/C23H31FN4O.HI/c1-25-23(26-12-9-18-3-2-4-21(24)15-18)27-16-19-5-7-20(8-6-19)17-28-13-10-22(29)11-14-28;/h2-8,15,22,29H,9-14,16-17H2,1H3,(H2,25,26,27);1H. The molecule has 164 valence electrons. The monoisotopic (exact) mass is 526 g/mol. The Labute approximate surface area is 195 Å². The summed E-state index contributed by atoms with van der Waals surface area (Å²) in [6, 6.07) is 15.3. The van der Waals surface area contributed by atoms with Crippen LogP contribution in [0, 0.1) is 5.82 Å². The first-order valence-corrected chi connectivity index (χ1v) is 10.3. The molecule has 30 heavy (non-hydrogen) atoms.